The molecule has 0 saturated heterocycles. The van der Waals surface area contributed by atoms with Gasteiger partial charge in [0, 0.05) is 9.35 Å². The van der Waals surface area contributed by atoms with Gasteiger partial charge in [-0.25, -0.2) is 0 Å². The van der Waals surface area contributed by atoms with E-state index < -0.39 is 5.97 Å². The smallest absolute Gasteiger partial charge is 0.306 e. The molecule has 1 saturated carbocycles. The quantitative estimate of drug-likeness (QED) is 0.804. The Hall–Kier alpha value is -0.350. The minimum Gasteiger partial charge on any atom is -0.481 e. The van der Waals surface area contributed by atoms with Crippen molar-refractivity contribution in [3.05, 3.63) is 20.8 Å². The van der Waals surface area contributed by atoms with Crippen LogP contribution in [0.25, 0.3) is 0 Å². The molecular formula is C16H23BrO2S. The summed E-state index contributed by atoms with van der Waals surface area (Å²) < 4.78 is 1.13. The van der Waals surface area contributed by atoms with Gasteiger partial charge in [-0.15, -0.1) is 11.3 Å². The molecule has 0 amide bonds. The molecule has 2 rings (SSSR count). The Labute approximate surface area is 133 Å². The topological polar surface area (TPSA) is 37.3 Å². The Morgan fingerprint density at radius 3 is 2.65 bits per heavy atom. The third-order valence-corrected chi connectivity index (χ3v) is 6.61. The molecule has 4 heteroatoms. The van der Waals surface area contributed by atoms with E-state index in [-0.39, 0.29) is 17.3 Å². The predicted octanol–water partition coefficient (Wildman–Crippen LogP) is 5.22. The molecule has 3 atom stereocenters. The maximum Gasteiger partial charge on any atom is 0.306 e. The molecule has 1 fully saturated rings. The first-order chi connectivity index (χ1) is 9.29. The fourth-order valence-corrected chi connectivity index (χ4v) is 4.92. The molecule has 1 N–H and O–H groups in total. The second kappa shape index (κ2) is 6.18. The highest BCUT2D eigenvalue weighted by Gasteiger charge is 2.39. The van der Waals surface area contributed by atoms with Crippen molar-refractivity contribution in [1.82, 2.24) is 0 Å². The molecule has 3 unspecified atom stereocenters. The van der Waals surface area contributed by atoms with Gasteiger partial charge >= 0.3 is 5.97 Å². The Kier molecular flexibility index (Phi) is 4.96. The van der Waals surface area contributed by atoms with E-state index in [1.807, 2.05) is 0 Å². The van der Waals surface area contributed by atoms with Crippen molar-refractivity contribution in [3.8, 4) is 0 Å². The lowest BCUT2D eigenvalue weighted by Gasteiger charge is -2.40. The van der Waals surface area contributed by atoms with Crippen LogP contribution in [0, 0.1) is 23.2 Å². The summed E-state index contributed by atoms with van der Waals surface area (Å²) in [5.41, 5.74) is 0.272. The van der Waals surface area contributed by atoms with Crippen LogP contribution in [0.15, 0.2) is 15.9 Å². The third kappa shape index (κ3) is 3.64. The van der Waals surface area contributed by atoms with Crippen LogP contribution in [-0.2, 0) is 11.2 Å². The van der Waals surface area contributed by atoms with E-state index in [1.54, 1.807) is 11.3 Å². The second-order valence-electron chi connectivity index (χ2n) is 6.98. The van der Waals surface area contributed by atoms with Crippen LogP contribution in [-0.4, -0.2) is 11.1 Å². The monoisotopic (exact) mass is 358 g/mol. The first-order valence-corrected chi connectivity index (χ1v) is 8.91. The molecule has 0 spiro atoms. The molecule has 1 aliphatic carbocycles. The van der Waals surface area contributed by atoms with Crippen molar-refractivity contribution in [1.29, 1.82) is 0 Å². The number of carbonyl (C=O) groups is 1. The summed E-state index contributed by atoms with van der Waals surface area (Å²) in [5.74, 6) is 0.0971. The molecule has 20 heavy (non-hydrogen) atoms. The molecule has 0 radical (unpaired) electrons. The lowest BCUT2D eigenvalue weighted by Crippen LogP contribution is -2.36. The normalized spacial score (nSPS) is 27.5. The number of rotatable bonds is 3. The number of hydrogen-bond donors (Lipinski definition) is 1. The van der Waals surface area contributed by atoms with E-state index in [4.69, 9.17) is 0 Å². The first-order valence-electron chi connectivity index (χ1n) is 7.23. The average Bonchev–Trinajstić information content (AvgIpc) is 2.73. The Morgan fingerprint density at radius 1 is 1.45 bits per heavy atom. The Morgan fingerprint density at radius 2 is 2.15 bits per heavy atom. The number of aliphatic carboxylic acids is 1. The molecule has 1 heterocycles. The lowest BCUT2D eigenvalue weighted by atomic mass is 9.65. The summed E-state index contributed by atoms with van der Waals surface area (Å²) in [6.07, 6.45) is 3.79. The van der Waals surface area contributed by atoms with Gasteiger partial charge < -0.3 is 5.11 Å². The standard InChI is InChI=1S/C16H23BrO2S/c1-16(2,3)11-4-5-12(15(18)19)10(8-11)9-14-13(17)6-7-20-14/h6-7,10-12H,4-5,8-9H2,1-3H3,(H,18,19). The number of carboxylic acids is 1. The fourth-order valence-electron chi connectivity index (χ4n) is 3.31. The van der Waals surface area contributed by atoms with E-state index in [1.165, 1.54) is 4.88 Å². The van der Waals surface area contributed by atoms with Crippen molar-refractivity contribution < 1.29 is 9.90 Å². The highest BCUT2D eigenvalue weighted by atomic mass is 79.9. The molecule has 112 valence electrons. The van der Waals surface area contributed by atoms with E-state index in [9.17, 15) is 9.90 Å². The SMILES string of the molecule is CC(C)(C)C1CCC(C(=O)O)C(Cc2sccc2Br)C1. The highest BCUT2D eigenvalue weighted by molar-refractivity contribution is 9.10. The van der Waals surface area contributed by atoms with E-state index in [0.717, 1.165) is 30.2 Å². The van der Waals surface area contributed by atoms with Crippen LogP contribution >= 0.6 is 27.3 Å². The van der Waals surface area contributed by atoms with Gasteiger partial charge in [0.1, 0.15) is 0 Å². The van der Waals surface area contributed by atoms with Crippen molar-refractivity contribution in [2.45, 2.75) is 46.5 Å². The maximum atomic E-state index is 11.5. The van der Waals surface area contributed by atoms with Crippen molar-refractivity contribution in [3.63, 3.8) is 0 Å². The van der Waals surface area contributed by atoms with Crippen LogP contribution in [0.4, 0.5) is 0 Å². The number of halogens is 1. The fraction of sp³-hybridized carbons (Fsp3) is 0.688. The van der Waals surface area contributed by atoms with Gasteiger partial charge in [0.25, 0.3) is 0 Å². The molecule has 0 bridgehead atoms. The molecule has 0 aromatic carbocycles. The number of hydrogen-bond acceptors (Lipinski definition) is 2. The Bertz CT molecular complexity index is 475. The van der Waals surface area contributed by atoms with Gasteiger partial charge in [0.05, 0.1) is 5.92 Å². The number of carboxylic acid groups (broad SMARTS) is 1. The molecule has 0 aliphatic heterocycles. The van der Waals surface area contributed by atoms with Gasteiger partial charge in [-0.1, -0.05) is 20.8 Å². The molecule has 1 aromatic heterocycles. The van der Waals surface area contributed by atoms with Gasteiger partial charge in [0.15, 0.2) is 0 Å². The minimum atomic E-state index is -0.616. The van der Waals surface area contributed by atoms with Crippen LogP contribution in [0.2, 0.25) is 0 Å². The highest BCUT2D eigenvalue weighted by Crippen LogP contribution is 2.44. The summed E-state index contributed by atoms with van der Waals surface area (Å²) >= 11 is 5.29. The summed E-state index contributed by atoms with van der Waals surface area (Å²) in [4.78, 5) is 12.8. The van der Waals surface area contributed by atoms with Crippen LogP contribution < -0.4 is 0 Å². The van der Waals surface area contributed by atoms with Crippen LogP contribution in [0.3, 0.4) is 0 Å². The van der Waals surface area contributed by atoms with E-state index in [2.05, 4.69) is 48.1 Å². The molecule has 1 aromatic rings. The molecule has 2 nitrogen and oxygen atoms in total. The van der Waals surface area contributed by atoms with Crippen molar-refractivity contribution in [2.75, 3.05) is 0 Å². The lowest BCUT2D eigenvalue weighted by molar-refractivity contribution is -0.146. The Balaban J connectivity index is 2.15. The van der Waals surface area contributed by atoms with Crippen molar-refractivity contribution >= 4 is 33.2 Å². The summed E-state index contributed by atoms with van der Waals surface area (Å²) in [6.45, 7) is 6.82. The maximum absolute atomic E-state index is 11.5. The zero-order valence-corrected chi connectivity index (χ0v) is 14.8. The van der Waals surface area contributed by atoms with E-state index >= 15 is 0 Å². The first kappa shape index (κ1) is 16.0. The van der Waals surface area contributed by atoms with Gasteiger partial charge in [-0.05, 0) is 70.3 Å². The van der Waals surface area contributed by atoms with Crippen molar-refractivity contribution in [2.24, 2.45) is 23.2 Å². The predicted molar refractivity (Wildman–Crippen MR) is 87.1 cm³/mol. The van der Waals surface area contributed by atoms with Gasteiger partial charge in [-0.2, -0.15) is 0 Å². The average molecular weight is 359 g/mol. The largest absolute Gasteiger partial charge is 0.481 e. The van der Waals surface area contributed by atoms with Crippen LogP contribution in [0.5, 0.6) is 0 Å². The molecular weight excluding hydrogens is 336 g/mol. The summed E-state index contributed by atoms with van der Waals surface area (Å²) in [5, 5.41) is 11.6. The summed E-state index contributed by atoms with van der Waals surface area (Å²) in [7, 11) is 0. The van der Waals surface area contributed by atoms with Crippen LogP contribution in [0.1, 0.15) is 44.9 Å². The summed E-state index contributed by atoms with van der Waals surface area (Å²) in [6, 6.07) is 2.06. The second-order valence-corrected chi connectivity index (χ2v) is 8.83. The number of thiophene rings is 1. The molecule has 1 aliphatic rings. The van der Waals surface area contributed by atoms with E-state index in [0.29, 0.717) is 5.92 Å². The van der Waals surface area contributed by atoms with Gasteiger partial charge in [-0.3, -0.25) is 4.79 Å². The zero-order valence-electron chi connectivity index (χ0n) is 12.4. The zero-order chi connectivity index (χ0) is 14.9. The van der Waals surface area contributed by atoms with Gasteiger partial charge in [0.2, 0.25) is 0 Å². The minimum absolute atomic E-state index is 0.178. The third-order valence-electron chi connectivity index (χ3n) is 4.66.